The average molecular weight is 358 g/mol. The molecule has 140 valence electrons. The maximum atomic E-state index is 9.31. The molecule has 26 heavy (non-hydrogen) atoms. The number of hydrogen-bond acceptors (Lipinski definition) is 5. The second-order valence-corrected chi connectivity index (χ2v) is 6.54. The van der Waals surface area contributed by atoms with Crippen LogP contribution in [0.25, 0.3) is 11.3 Å². The van der Waals surface area contributed by atoms with Crippen molar-refractivity contribution < 1.29 is 14.3 Å². The van der Waals surface area contributed by atoms with Crippen LogP contribution in [0.5, 0.6) is 0 Å². The van der Waals surface area contributed by atoms with E-state index in [0.717, 1.165) is 30.8 Å². The van der Waals surface area contributed by atoms with Crippen LogP contribution in [0.4, 0.5) is 0 Å². The normalized spacial score (nSPS) is 20.3. The zero-order valence-corrected chi connectivity index (χ0v) is 15.1. The van der Waals surface area contributed by atoms with Gasteiger partial charge in [0.1, 0.15) is 0 Å². The summed E-state index contributed by atoms with van der Waals surface area (Å²) in [6.07, 6.45) is 3.39. The zero-order valence-electron chi connectivity index (χ0n) is 15.1. The van der Waals surface area contributed by atoms with Crippen molar-refractivity contribution >= 4 is 5.96 Å². The van der Waals surface area contributed by atoms with Gasteiger partial charge in [0.05, 0.1) is 19.3 Å². The fraction of sp³-hybridized carbons (Fsp3) is 0.474. The van der Waals surface area contributed by atoms with Crippen LogP contribution in [0.1, 0.15) is 18.7 Å². The lowest BCUT2D eigenvalue weighted by Gasteiger charge is -2.27. The second kappa shape index (κ2) is 8.82. The minimum Gasteiger partial charge on any atom is -0.439 e. The largest absolute Gasteiger partial charge is 0.439 e. The molecule has 0 saturated carbocycles. The lowest BCUT2D eigenvalue weighted by Crippen LogP contribution is -2.44. The highest BCUT2D eigenvalue weighted by atomic mass is 16.5. The van der Waals surface area contributed by atoms with Gasteiger partial charge >= 0.3 is 0 Å². The number of aliphatic hydroxyl groups is 1. The molecular formula is C19H26N4O3. The van der Waals surface area contributed by atoms with Crippen molar-refractivity contribution in [1.29, 1.82) is 0 Å². The van der Waals surface area contributed by atoms with Crippen molar-refractivity contribution in [2.45, 2.75) is 19.4 Å². The Hall–Kier alpha value is -2.38. The summed E-state index contributed by atoms with van der Waals surface area (Å²) in [5.41, 5.74) is 0.969. The minimum atomic E-state index is -0.0320. The van der Waals surface area contributed by atoms with Crippen molar-refractivity contribution in [2.75, 3.05) is 33.4 Å². The van der Waals surface area contributed by atoms with Crippen molar-refractivity contribution in [3.63, 3.8) is 0 Å². The van der Waals surface area contributed by atoms with E-state index < -0.39 is 0 Å². The molecule has 0 aliphatic carbocycles. The number of oxazole rings is 1. The zero-order chi connectivity index (χ0) is 18.2. The van der Waals surface area contributed by atoms with Crippen LogP contribution in [0.2, 0.25) is 0 Å². The number of aliphatic imine (C=N–C) groups is 1. The predicted molar refractivity (Wildman–Crippen MR) is 99.7 cm³/mol. The first-order chi connectivity index (χ1) is 12.7. The fourth-order valence-electron chi connectivity index (χ4n) is 3.09. The molecule has 2 aromatic rings. The Morgan fingerprint density at radius 3 is 2.85 bits per heavy atom. The van der Waals surface area contributed by atoms with Crippen LogP contribution < -0.4 is 10.6 Å². The first-order valence-corrected chi connectivity index (χ1v) is 8.88. The van der Waals surface area contributed by atoms with Gasteiger partial charge < -0.3 is 24.9 Å². The molecule has 3 N–H and O–H groups in total. The molecule has 7 heteroatoms. The van der Waals surface area contributed by atoms with Gasteiger partial charge in [0.2, 0.25) is 5.89 Å². The van der Waals surface area contributed by atoms with Gasteiger partial charge in [0, 0.05) is 37.8 Å². The highest BCUT2D eigenvalue weighted by Gasteiger charge is 2.34. The van der Waals surface area contributed by atoms with Gasteiger partial charge in [-0.05, 0) is 12.8 Å². The van der Waals surface area contributed by atoms with Crippen molar-refractivity contribution in [3.05, 3.63) is 42.4 Å². The minimum absolute atomic E-state index is 0.0320. The van der Waals surface area contributed by atoms with E-state index in [1.54, 1.807) is 13.2 Å². The van der Waals surface area contributed by atoms with E-state index in [0.29, 0.717) is 31.5 Å². The molecule has 7 nitrogen and oxygen atoms in total. The Labute approximate surface area is 153 Å². The Morgan fingerprint density at radius 1 is 1.31 bits per heavy atom. The van der Waals surface area contributed by atoms with Crippen molar-refractivity contribution in [1.82, 2.24) is 15.6 Å². The van der Waals surface area contributed by atoms with Gasteiger partial charge in [-0.3, -0.25) is 4.99 Å². The number of ether oxygens (including phenoxy) is 1. The van der Waals surface area contributed by atoms with E-state index in [1.807, 2.05) is 30.3 Å². The van der Waals surface area contributed by atoms with E-state index in [4.69, 9.17) is 9.15 Å². The summed E-state index contributed by atoms with van der Waals surface area (Å²) in [4.78, 5) is 8.56. The van der Waals surface area contributed by atoms with Gasteiger partial charge in [0.25, 0.3) is 0 Å². The third-order valence-electron chi connectivity index (χ3n) is 4.70. The summed E-state index contributed by atoms with van der Waals surface area (Å²) >= 11 is 0. The molecule has 1 saturated heterocycles. The summed E-state index contributed by atoms with van der Waals surface area (Å²) in [7, 11) is 1.73. The maximum absolute atomic E-state index is 9.31. The summed E-state index contributed by atoms with van der Waals surface area (Å²) in [5, 5.41) is 15.8. The summed E-state index contributed by atoms with van der Waals surface area (Å²) in [6, 6.07) is 9.88. The molecule has 1 aliphatic heterocycles. The van der Waals surface area contributed by atoms with Crippen LogP contribution >= 0.6 is 0 Å². The molecule has 0 spiro atoms. The molecular weight excluding hydrogens is 332 g/mol. The first kappa shape index (κ1) is 18.4. The molecule has 1 unspecified atom stereocenters. The van der Waals surface area contributed by atoms with Gasteiger partial charge in [-0.15, -0.1) is 0 Å². The first-order valence-electron chi connectivity index (χ1n) is 8.88. The SMILES string of the molecule is CN=C(NCc1ncc(-c2ccccc2)o1)NCC1(CCO)CCOC1. The lowest BCUT2D eigenvalue weighted by atomic mass is 9.84. The van der Waals surface area contributed by atoms with Crippen LogP contribution in [0.3, 0.4) is 0 Å². The van der Waals surface area contributed by atoms with E-state index in [9.17, 15) is 5.11 Å². The fourth-order valence-corrected chi connectivity index (χ4v) is 3.09. The van der Waals surface area contributed by atoms with Gasteiger partial charge in [-0.25, -0.2) is 4.98 Å². The molecule has 1 fully saturated rings. The molecule has 1 aliphatic rings. The lowest BCUT2D eigenvalue weighted by molar-refractivity contribution is 0.127. The number of benzene rings is 1. The van der Waals surface area contributed by atoms with Crippen LogP contribution in [0.15, 0.2) is 45.9 Å². The van der Waals surface area contributed by atoms with Gasteiger partial charge in [-0.2, -0.15) is 0 Å². The third kappa shape index (κ3) is 4.62. The van der Waals surface area contributed by atoms with E-state index in [-0.39, 0.29) is 12.0 Å². The smallest absolute Gasteiger partial charge is 0.214 e. The number of rotatable bonds is 7. The maximum Gasteiger partial charge on any atom is 0.214 e. The topological polar surface area (TPSA) is 91.9 Å². The molecule has 3 rings (SSSR count). The van der Waals surface area contributed by atoms with E-state index in [1.165, 1.54) is 0 Å². The average Bonchev–Trinajstić information content (AvgIpc) is 3.33. The number of nitrogens with zero attached hydrogens (tertiary/aromatic N) is 2. The number of nitrogens with one attached hydrogen (secondary N) is 2. The monoisotopic (exact) mass is 358 g/mol. The van der Waals surface area contributed by atoms with Crippen LogP contribution in [0, 0.1) is 5.41 Å². The van der Waals surface area contributed by atoms with E-state index >= 15 is 0 Å². The van der Waals surface area contributed by atoms with Gasteiger partial charge in [-0.1, -0.05) is 30.3 Å². The molecule has 1 atom stereocenters. The summed E-state index contributed by atoms with van der Waals surface area (Å²) in [5.74, 6) is 2.02. The van der Waals surface area contributed by atoms with Gasteiger partial charge in [0.15, 0.2) is 11.7 Å². The van der Waals surface area contributed by atoms with E-state index in [2.05, 4.69) is 20.6 Å². The van der Waals surface area contributed by atoms with Crippen molar-refractivity contribution in [3.8, 4) is 11.3 Å². The molecule has 1 aromatic heterocycles. The second-order valence-electron chi connectivity index (χ2n) is 6.54. The number of aromatic nitrogens is 1. The Bertz CT molecular complexity index is 709. The Balaban J connectivity index is 1.52. The third-order valence-corrected chi connectivity index (χ3v) is 4.70. The molecule has 0 radical (unpaired) electrons. The predicted octanol–water partition coefficient (Wildman–Crippen LogP) is 1.80. The Kier molecular flexibility index (Phi) is 6.25. The molecule has 2 heterocycles. The van der Waals surface area contributed by atoms with Crippen molar-refractivity contribution in [2.24, 2.45) is 10.4 Å². The molecule has 1 aromatic carbocycles. The number of guanidine groups is 1. The van der Waals surface area contributed by atoms with Crippen LogP contribution in [-0.2, 0) is 11.3 Å². The highest BCUT2D eigenvalue weighted by molar-refractivity contribution is 5.79. The number of hydrogen-bond donors (Lipinski definition) is 3. The standard InChI is InChI=1S/C19H26N4O3/c1-20-18(23-13-19(7-9-24)8-10-25-14-19)22-12-17-21-11-16(26-17)15-5-3-2-4-6-15/h2-6,11,24H,7-10,12-14H2,1H3,(H2,20,22,23). The highest BCUT2D eigenvalue weighted by Crippen LogP contribution is 2.31. The Morgan fingerprint density at radius 2 is 2.15 bits per heavy atom. The van der Waals surface area contributed by atoms with Crippen LogP contribution in [-0.4, -0.2) is 49.5 Å². The molecule has 0 bridgehead atoms. The summed E-state index contributed by atoms with van der Waals surface area (Å²) in [6.45, 7) is 2.71. The molecule has 0 amide bonds. The quantitative estimate of drug-likeness (QED) is 0.516. The summed E-state index contributed by atoms with van der Waals surface area (Å²) < 4.78 is 11.3. The number of aliphatic hydroxyl groups excluding tert-OH is 1.